The van der Waals surface area contributed by atoms with Crippen LogP contribution in [-0.2, 0) is 4.74 Å². The molecular weight excluding hydrogens is 573 g/mol. The Bertz CT molecular complexity index is 1360. The van der Waals surface area contributed by atoms with Crippen LogP contribution in [0.15, 0.2) is 48.0 Å². The summed E-state index contributed by atoms with van der Waals surface area (Å²) in [7, 11) is 6.72. The molecule has 1 aromatic carbocycles. The molecule has 4 rings (SSSR count). The molecule has 0 saturated carbocycles. The molecule has 3 aromatic rings. The summed E-state index contributed by atoms with van der Waals surface area (Å²) in [6.45, 7) is 2.01. The van der Waals surface area contributed by atoms with E-state index in [1.807, 2.05) is 72.7 Å². The number of fused-ring (bicyclic) bond motifs is 1. The number of hydrogen-bond acceptors (Lipinski definition) is 9. The molecule has 0 aliphatic carbocycles. The summed E-state index contributed by atoms with van der Waals surface area (Å²) in [4.78, 5) is 43.5. The van der Waals surface area contributed by atoms with E-state index in [1.54, 1.807) is 34.4 Å². The number of aromatic nitrogens is 2. The molecule has 1 unspecified atom stereocenters. The Hall–Kier alpha value is -3.51. The van der Waals surface area contributed by atoms with E-state index in [9.17, 15) is 9.59 Å². The van der Waals surface area contributed by atoms with Crippen LogP contribution in [0.5, 0.6) is 5.75 Å². The van der Waals surface area contributed by atoms with Gasteiger partial charge in [-0.25, -0.2) is 19.8 Å². The molecule has 12 heteroatoms. The molecule has 2 amide bonds. The number of thiophene rings is 1. The molecule has 0 N–H and O–H groups in total. The fraction of sp³-hybridized carbons (Fsp3) is 0.467. The van der Waals surface area contributed by atoms with Gasteiger partial charge in [-0.3, -0.25) is 4.79 Å². The lowest BCUT2D eigenvalue weighted by atomic mass is 10.2. The minimum Gasteiger partial charge on any atom is -0.485 e. The summed E-state index contributed by atoms with van der Waals surface area (Å²) in [5, 5.41) is 2.02. The minimum atomic E-state index is -0.724. The third-order valence-electron chi connectivity index (χ3n) is 6.88. The highest BCUT2D eigenvalue weighted by Gasteiger charge is 2.29. The molecular formula is C30H42N6O4S2. The lowest BCUT2D eigenvalue weighted by Gasteiger charge is -2.26. The molecule has 0 saturated heterocycles. The summed E-state index contributed by atoms with van der Waals surface area (Å²) in [5.41, 5.74) is 1.20. The van der Waals surface area contributed by atoms with Gasteiger partial charge in [0.15, 0.2) is 0 Å². The Morgan fingerprint density at radius 2 is 1.93 bits per heavy atom. The van der Waals surface area contributed by atoms with Crippen molar-refractivity contribution in [3.63, 3.8) is 0 Å². The first-order valence-corrected chi connectivity index (χ1v) is 17.7. The highest BCUT2D eigenvalue weighted by atomic mass is 32.3. The number of rotatable bonds is 11. The molecule has 1 aliphatic heterocycles. The number of carbonyl (C=O) groups is 2. The molecule has 10 nitrogen and oxygen atoms in total. The van der Waals surface area contributed by atoms with E-state index in [0.29, 0.717) is 55.7 Å². The SMILES string of the molecule is CN(CCC(Oc1cccc(N2CCN(C)c3nc(N(C)C)ncc3C2=O)c1)c1cccs1)C(=O)OCCS(C)(C)C. The fourth-order valence-corrected chi connectivity index (χ4v) is 5.76. The van der Waals surface area contributed by atoms with Gasteiger partial charge in [0.1, 0.15) is 29.8 Å². The molecule has 0 fully saturated rings. The van der Waals surface area contributed by atoms with E-state index in [0.717, 1.165) is 16.3 Å². The van der Waals surface area contributed by atoms with Crippen molar-refractivity contribution < 1.29 is 19.1 Å². The van der Waals surface area contributed by atoms with Gasteiger partial charge in [0.2, 0.25) is 5.95 Å². The monoisotopic (exact) mass is 614 g/mol. The highest BCUT2D eigenvalue weighted by molar-refractivity contribution is 8.32. The summed E-state index contributed by atoms with van der Waals surface area (Å²) < 4.78 is 12.0. The number of hydrogen-bond donors (Lipinski definition) is 0. The minimum absolute atomic E-state index is 0.153. The summed E-state index contributed by atoms with van der Waals surface area (Å²) in [6.07, 6.45) is 8.23. The van der Waals surface area contributed by atoms with E-state index < -0.39 is 10.0 Å². The van der Waals surface area contributed by atoms with Gasteiger partial charge in [-0.05, 0) is 42.3 Å². The van der Waals surface area contributed by atoms with E-state index in [4.69, 9.17) is 9.47 Å². The maximum atomic E-state index is 13.7. The van der Waals surface area contributed by atoms with Crippen molar-refractivity contribution >= 4 is 50.8 Å². The zero-order valence-electron chi connectivity index (χ0n) is 25.6. The average molecular weight is 615 g/mol. The molecule has 3 heterocycles. The Balaban J connectivity index is 1.47. The quantitative estimate of drug-likeness (QED) is 0.299. The highest BCUT2D eigenvalue weighted by Crippen LogP contribution is 2.34. The third-order valence-corrected chi connectivity index (χ3v) is 9.24. The van der Waals surface area contributed by atoms with E-state index in [1.165, 1.54) is 0 Å². The van der Waals surface area contributed by atoms with Crippen LogP contribution in [0.1, 0.15) is 27.8 Å². The van der Waals surface area contributed by atoms with Gasteiger partial charge in [-0.15, -0.1) is 11.3 Å². The summed E-state index contributed by atoms with van der Waals surface area (Å²) in [5.74, 6) is 2.55. The first-order valence-electron chi connectivity index (χ1n) is 13.8. The van der Waals surface area contributed by atoms with Crippen LogP contribution < -0.4 is 19.4 Å². The van der Waals surface area contributed by atoms with Crippen LogP contribution in [0.3, 0.4) is 0 Å². The first kappa shape index (κ1) is 31.4. The molecule has 1 atom stereocenters. The number of benzene rings is 1. The second kappa shape index (κ2) is 13.6. The molecule has 42 heavy (non-hydrogen) atoms. The Morgan fingerprint density at radius 3 is 2.62 bits per heavy atom. The van der Waals surface area contributed by atoms with Crippen LogP contribution in [0.2, 0.25) is 0 Å². The number of amides is 2. The molecule has 228 valence electrons. The third kappa shape index (κ3) is 8.07. The van der Waals surface area contributed by atoms with Crippen molar-refractivity contribution in [2.75, 3.05) is 93.7 Å². The van der Waals surface area contributed by atoms with Crippen molar-refractivity contribution in [3.05, 3.63) is 58.4 Å². The zero-order valence-corrected chi connectivity index (χ0v) is 27.2. The summed E-state index contributed by atoms with van der Waals surface area (Å²) in [6, 6.07) is 11.6. The number of nitrogens with zero attached hydrogens (tertiary/aromatic N) is 6. The fourth-order valence-electron chi connectivity index (χ4n) is 4.38. The topological polar surface area (TPSA) is 91.3 Å². The lowest BCUT2D eigenvalue weighted by Crippen LogP contribution is -2.33. The predicted octanol–water partition coefficient (Wildman–Crippen LogP) is 4.97. The van der Waals surface area contributed by atoms with Crippen LogP contribution in [-0.4, -0.2) is 106 Å². The smallest absolute Gasteiger partial charge is 0.409 e. The number of ether oxygens (including phenoxy) is 2. The predicted molar refractivity (Wildman–Crippen MR) is 174 cm³/mol. The van der Waals surface area contributed by atoms with Gasteiger partial charge in [0.05, 0.1) is 0 Å². The van der Waals surface area contributed by atoms with E-state index in [2.05, 4.69) is 28.7 Å². The summed E-state index contributed by atoms with van der Waals surface area (Å²) >= 11 is 1.61. The van der Waals surface area contributed by atoms with Crippen LogP contribution >= 0.6 is 21.4 Å². The Labute approximate surface area is 254 Å². The maximum Gasteiger partial charge on any atom is 0.409 e. The van der Waals surface area contributed by atoms with Gasteiger partial charge in [0, 0.05) is 82.8 Å². The van der Waals surface area contributed by atoms with Crippen LogP contribution in [0, 0.1) is 0 Å². The van der Waals surface area contributed by atoms with Crippen molar-refractivity contribution in [1.82, 2.24) is 14.9 Å². The molecule has 2 aromatic heterocycles. The van der Waals surface area contributed by atoms with Gasteiger partial charge >= 0.3 is 6.09 Å². The number of carbonyl (C=O) groups excluding carboxylic acids is 2. The number of anilines is 3. The van der Waals surface area contributed by atoms with Gasteiger partial charge in [-0.1, -0.05) is 12.1 Å². The number of likely N-dealkylation sites (N-methyl/N-ethyl adjacent to an activating group) is 1. The molecule has 0 spiro atoms. The van der Waals surface area contributed by atoms with E-state index >= 15 is 0 Å². The van der Waals surface area contributed by atoms with Crippen molar-refractivity contribution in [2.45, 2.75) is 12.5 Å². The Kier molecular flexibility index (Phi) is 10.2. The standard InChI is InChI=1S/C30H42N6O4S2/c1-33(2)29-31-21-24-27(32-29)34(3)15-16-36(28(24)37)22-10-8-11-23(20-22)40-25(26-12-9-18-41-26)13-14-35(4)30(38)39-17-19-42(5,6)7/h8-12,18,20-21,25H,13-17,19H2,1-7H3. The second-order valence-electron chi connectivity index (χ2n) is 11.4. The van der Waals surface area contributed by atoms with Crippen molar-refractivity contribution in [1.29, 1.82) is 0 Å². The van der Waals surface area contributed by atoms with Crippen molar-refractivity contribution in [3.8, 4) is 5.75 Å². The Morgan fingerprint density at radius 1 is 1.14 bits per heavy atom. The van der Waals surface area contributed by atoms with Gasteiger partial charge in [0.25, 0.3) is 5.91 Å². The average Bonchev–Trinajstić information content (AvgIpc) is 3.45. The van der Waals surface area contributed by atoms with Gasteiger partial charge < -0.3 is 29.1 Å². The van der Waals surface area contributed by atoms with Gasteiger partial charge in [-0.2, -0.15) is 4.98 Å². The largest absolute Gasteiger partial charge is 0.485 e. The first-order chi connectivity index (χ1) is 19.9. The molecule has 0 radical (unpaired) electrons. The maximum absolute atomic E-state index is 13.7. The molecule has 1 aliphatic rings. The normalized spacial score (nSPS) is 14.6. The zero-order chi connectivity index (χ0) is 30.4. The second-order valence-corrected chi connectivity index (χ2v) is 17.0. The molecule has 0 bridgehead atoms. The lowest BCUT2D eigenvalue weighted by molar-refractivity contribution is 0.0989. The van der Waals surface area contributed by atoms with E-state index in [-0.39, 0.29) is 18.1 Å². The van der Waals surface area contributed by atoms with Crippen LogP contribution in [0.25, 0.3) is 0 Å². The van der Waals surface area contributed by atoms with Crippen LogP contribution in [0.4, 0.5) is 22.2 Å². The van der Waals surface area contributed by atoms with Crippen molar-refractivity contribution in [2.24, 2.45) is 0 Å².